The van der Waals surface area contributed by atoms with E-state index in [1.54, 1.807) is 36.4 Å². The highest BCUT2D eigenvalue weighted by atomic mass is 35.5. The van der Waals surface area contributed by atoms with Crippen molar-refractivity contribution in [2.45, 2.75) is 0 Å². The number of carbonyl (C=O) groups is 3. The van der Waals surface area contributed by atoms with Crippen LogP contribution in [0.1, 0.15) is 0 Å². The Morgan fingerprint density at radius 3 is 2.42 bits per heavy atom. The van der Waals surface area contributed by atoms with Gasteiger partial charge >= 0.3 is 12.0 Å². The molecule has 0 saturated carbocycles. The number of hydrogen-bond acceptors (Lipinski definition) is 8. The van der Waals surface area contributed by atoms with Crippen molar-refractivity contribution < 1.29 is 23.5 Å². The number of benzene rings is 2. The summed E-state index contributed by atoms with van der Waals surface area (Å²) in [5.74, 6) is -1.31. The van der Waals surface area contributed by atoms with Gasteiger partial charge in [0, 0.05) is 16.3 Å². The molecule has 11 heteroatoms. The fraction of sp³-hybridized carbons (Fsp3) is 0.150. The van der Waals surface area contributed by atoms with Crippen LogP contribution in [0.25, 0.3) is 11.5 Å². The minimum Gasteiger partial charge on any atom is -0.455 e. The Balaban J connectivity index is 1.33. The highest BCUT2D eigenvalue weighted by Gasteiger charge is 2.13. The Bertz CT molecular complexity index is 1040. The second-order valence-electron chi connectivity index (χ2n) is 6.04. The molecule has 0 saturated heterocycles. The van der Waals surface area contributed by atoms with Crippen molar-refractivity contribution in [2.75, 3.05) is 28.7 Å². The number of esters is 1. The van der Waals surface area contributed by atoms with Crippen LogP contribution in [0, 0.1) is 0 Å². The molecule has 0 aliphatic carbocycles. The molecule has 1 heterocycles. The van der Waals surface area contributed by atoms with Crippen LogP contribution in [-0.4, -0.2) is 46.1 Å². The number of amides is 2. The number of carbonyl (C=O) groups excluding carboxylic acids is 3. The van der Waals surface area contributed by atoms with Crippen molar-refractivity contribution in [3.63, 3.8) is 0 Å². The van der Waals surface area contributed by atoms with Crippen LogP contribution >= 0.6 is 23.4 Å². The first-order valence-electron chi connectivity index (χ1n) is 8.97. The maximum Gasteiger partial charge on any atom is 0.322 e. The van der Waals surface area contributed by atoms with Gasteiger partial charge < -0.3 is 14.5 Å². The van der Waals surface area contributed by atoms with Crippen LogP contribution in [0.2, 0.25) is 5.02 Å². The number of aromatic nitrogens is 2. The molecule has 0 unspecified atom stereocenters. The molecule has 160 valence electrons. The molecule has 31 heavy (non-hydrogen) atoms. The lowest BCUT2D eigenvalue weighted by atomic mass is 10.2. The highest BCUT2D eigenvalue weighted by Crippen LogP contribution is 2.19. The molecule has 0 fully saturated rings. The lowest BCUT2D eigenvalue weighted by Crippen LogP contribution is -2.22. The maximum atomic E-state index is 11.9. The van der Waals surface area contributed by atoms with E-state index in [0.717, 1.165) is 11.8 Å². The van der Waals surface area contributed by atoms with Gasteiger partial charge in [-0.15, -0.1) is 16.9 Å². The second kappa shape index (κ2) is 11.1. The molecule has 2 N–H and O–H groups in total. The first-order valence-corrected chi connectivity index (χ1v) is 10.5. The number of ether oxygens (including phenoxy) is 1. The zero-order valence-corrected chi connectivity index (χ0v) is 17.6. The van der Waals surface area contributed by atoms with Crippen molar-refractivity contribution in [2.24, 2.45) is 0 Å². The average Bonchev–Trinajstić information content (AvgIpc) is 3.23. The Morgan fingerprint density at radius 2 is 1.68 bits per heavy atom. The van der Waals surface area contributed by atoms with Crippen molar-refractivity contribution in [1.82, 2.24) is 10.2 Å². The van der Waals surface area contributed by atoms with E-state index in [1.807, 2.05) is 18.2 Å². The summed E-state index contributed by atoms with van der Waals surface area (Å²) in [6.07, 6.45) is 0. The summed E-state index contributed by atoms with van der Waals surface area (Å²) < 4.78 is 10.2. The van der Waals surface area contributed by atoms with Gasteiger partial charge in [0.15, 0.2) is 6.61 Å². The zero-order chi connectivity index (χ0) is 22.1. The fourth-order valence-corrected chi connectivity index (χ4v) is 3.01. The number of thioether (sulfide) groups is 1. The average molecular weight is 461 g/mol. The first-order chi connectivity index (χ1) is 15.0. The monoisotopic (exact) mass is 460 g/mol. The SMILES string of the molecule is O=C(CSCC(=O)OCC(=O)Nc1nnc(-c2ccccc2)o1)Nc1ccc(Cl)cc1. The highest BCUT2D eigenvalue weighted by molar-refractivity contribution is 8.00. The normalized spacial score (nSPS) is 10.4. The zero-order valence-electron chi connectivity index (χ0n) is 16.0. The van der Waals surface area contributed by atoms with E-state index >= 15 is 0 Å². The third-order valence-electron chi connectivity index (χ3n) is 3.64. The summed E-state index contributed by atoms with van der Waals surface area (Å²) in [5, 5.41) is 13.2. The van der Waals surface area contributed by atoms with E-state index in [4.69, 9.17) is 20.8 Å². The van der Waals surface area contributed by atoms with Gasteiger partial charge in [0.1, 0.15) is 0 Å². The molecule has 2 amide bonds. The van der Waals surface area contributed by atoms with Crippen LogP contribution in [0.15, 0.2) is 59.0 Å². The fourth-order valence-electron chi connectivity index (χ4n) is 2.27. The van der Waals surface area contributed by atoms with Crippen molar-refractivity contribution in [1.29, 1.82) is 0 Å². The van der Waals surface area contributed by atoms with E-state index in [9.17, 15) is 14.4 Å². The van der Waals surface area contributed by atoms with Gasteiger partial charge in [0.25, 0.3) is 5.91 Å². The number of nitrogens with one attached hydrogen (secondary N) is 2. The smallest absolute Gasteiger partial charge is 0.322 e. The molecule has 0 aliphatic rings. The van der Waals surface area contributed by atoms with Gasteiger partial charge in [-0.1, -0.05) is 34.9 Å². The summed E-state index contributed by atoms with van der Waals surface area (Å²) in [6, 6.07) is 15.6. The minimum absolute atomic E-state index is 0.0498. The molecular formula is C20H17ClN4O5S. The molecule has 1 aromatic heterocycles. The summed E-state index contributed by atoms with van der Waals surface area (Å²) in [5.41, 5.74) is 1.31. The molecule has 3 aromatic rings. The lowest BCUT2D eigenvalue weighted by Gasteiger charge is -2.06. The van der Waals surface area contributed by atoms with Crippen LogP contribution < -0.4 is 10.6 Å². The number of hydrogen-bond donors (Lipinski definition) is 2. The number of rotatable bonds is 9. The van der Waals surface area contributed by atoms with E-state index in [2.05, 4.69) is 20.8 Å². The predicted molar refractivity (Wildman–Crippen MR) is 117 cm³/mol. The maximum absolute atomic E-state index is 11.9. The van der Waals surface area contributed by atoms with E-state index in [0.29, 0.717) is 16.3 Å². The summed E-state index contributed by atoms with van der Waals surface area (Å²) >= 11 is 6.85. The molecule has 0 atom stereocenters. The van der Waals surface area contributed by atoms with E-state index in [-0.39, 0.29) is 29.3 Å². The van der Waals surface area contributed by atoms with Crippen LogP contribution in [0.5, 0.6) is 0 Å². The standard InChI is InChI=1S/C20H17ClN4O5S/c21-14-6-8-15(9-7-14)22-17(27)11-31-12-18(28)29-10-16(26)23-20-25-24-19(30-20)13-4-2-1-3-5-13/h1-9H,10-12H2,(H,22,27)(H,23,25,26). The van der Waals surface area contributed by atoms with E-state index in [1.165, 1.54) is 0 Å². The van der Waals surface area contributed by atoms with Crippen molar-refractivity contribution in [3.05, 3.63) is 59.6 Å². The Kier molecular flexibility index (Phi) is 8.02. The molecule has 3 rings (SSSR count). The molecule has 0 spiro atoms. The number of halogens is 1. The van der Waals surface area contributed by atoms with Crippen molar-refractivity contribution >= 4 is 52.8 Å². The topological polar surface area (TPSA) is 123 Å². The Morgan fingerprint density at radius 1 is 0.935 bits per heavy atom. The van der Waals surface area contributed by atoms with Gasteiger partial charge in [-0.05, 0) is 36.4 Å². The van der Waals surface area contributed by atoms with Gasteiger partial charge in [-0.25, -0.2) is 0 Å². The largest absolute Gasteiger partial charge is 0.455 e. The Labute approximate surface area is 186 Å². The second-order valence-corrected chi connectivity index (χ2v) is 7.46. The van der Waals surface area contributed by atoms with Gasteiger partial charge in [0.05, 0.1) is 11.5 Å². The van der Waals surface area contributed by atoms with Crippen LogP contribution in [0.3, 0.4) is 0 Å². The van der Waals surface area contributed by atoms with Crippen LogP contribution in [0.4, 0.5) is 11.7 Å². The molecule has 0 radical (unpaired) electrons. The van der Waals surface area contributed by atoms with E-state index < -0.39 is 18.5 Å². The molecule has 2 aromatic carbocycles. The van der Waals surface area contributed by atoms with Gasteiger partial charge in [-0.2, -0.15) is 0 Å². The molecule has 9 nitrogen and oxygen atoms in total. The van der Waals surface area contributed by atoms with Gasteiger partial charge in [-0.3, -0.25) is 19.7 Å². The van der Waals surface area contributed by atoms with Gasteiger partial charge in [0.2, 0.25) is 11.8 Å². The number of nitrogens with zero attached hydrogens (tertiary/aromatic N) is 2. The Hall–Kier alpha value is -3.37. The molecule has 0 aliphatic heterocycles. The molecular weight excluding hydrogens is 444 g/mol. The quantitative estimate of drug-likeness (QED) is 0.466. The number of anilines is 2. The minimum atomic E-state index is -0.630. The summed E-state index contributed by atoms with van der Waals surface area (Å²) in [4.78, 5) is 35.5. The third kappa shape index (κ3) is 7.43. The third-order valence-corrected chi connectivity index (χ3v) is 4.80. The first kappa shape index (κ1) is 22.3. The van der Waals surface area contributed by atoms with Crippen molar-refractivity contribution in [3.8, 4) is 11.5 Å². The molecule has 0 bridgehead atoms. The summed E-state index contributed by atoms with van der Waals surface area (Å²) in [7, 11) is 0. The lowest BCUT2D eigenvalue weighted by molar-refractivity contribution is -0.144. The summed E-state index contributed by atoms with van der Waals surface area (Å²) in [6.45, 7) is -0.514. The predicted octanol–water partition coefficient (Wildman–Crippen LogP) is 3.24. The van der Waals surface area contributed by atoms with Crippen LogP contribution in [-0.2, 0) is 19.1 Å².